The number of hydrogen-bond donors (Lipinski definition) is 1. The van der Waals surface area contributed by atoms with Crippen LogP contribution < -0.4 is 10.4 Å². The number of carboxylic acids is 1. The SMILES string of the molecule is CCSc1nnc(NC(=O)[C@H]2[C@@H](C(=O)[O-])[C@H]3C=C[C@@H]2C3)s1. The van der Waals surface area contributed by atoms with Gasteiger partial charge in [0.15, 0.2) is 4.34 Å². The number of rotatable bonds is 5. The van der Waals surface area contributed by atoms with Crippen molar-refractivity contribution in [2.24, 2.45) is 23.7 Å². The number of carboxylic acid groups (broad SMARTS) is 1. The van der Waals surface area contributed by atoms with E-state index in [2.05, 4.69) is 15.5 Å². The molecular formula is C13H14N3O3S2-. The number of allylic oxidation sites excluding steroid dienone is 2. The number of aromatic nitrogens is 2. The average molecular weight is 324 g/mol. The van der Waals surface area contributed by atoms with E-state index in [-0.39, 0.29) is 17.7 Å². The average Bonchev–Trinajstić information content (AvgIpc) is 3.13. The van der Waals surface area contributed by atoms with Crippen molar-refractivity contribution in [1.82, 2.24) is 10.2 Å². The molecule has 2 aliphatic rings. The Labute approximate surface area is 130 Å². The van der Waals surface area contributed by atoms with Crippen LogP contribution in [0, 0.1) is 23.7 Å². The van der Waals surface area contributed by atoms with E-state index in [1.165, 1.54) is 11.3 Å². The van der Waals surface area contributed by atoms with Crippen LogP contribution in [0.2, 0.25) is 0 Å². The van der Waals surface area contributed by atoms with Gasteiger partial charge in [-0.2, -0.15) is 0 Å². The standard InChI is InChI=1S/C13H15N3O3S2/c1-2-20-13-16-15-12(21-13)14-10(17)8-6-3-4-7(5-6)9(8)11(18)19/h3-4,6-9H,2,5H2,1H3,(H,18,19)(H,14,15,17)/p-1/t6-,7+,8-,9+/m1/s1. The molecule has 0 aromatic carbocycles. The van der Waals surface area contributed by atoms with E-state index in [9.17, 15) is 14.7 Å². The lowest BCUT2D eigenvalue weighted by Crippen LogP contribution is -2.42. The zero-order chi connectivity index (χ0) is 15.0. The minimum Gasteiger partial charge on any atom is -0.550 e. The molecule has 0 saturated heterocycles. The van der Waals surface area contributed by atoms with Crippen LogP contribution in [0.1, 0.15) is 13.3 Å². The Balaban J connectivity index is 1.72. The van der Waals surface area contributed by atoms with Crippen molar-refractivity contribution in [3.8, 4) is 0 Å². The van der Waals surface area contributed by atoms with Crippen LogP contribution in [-0.4, -0.2) is 27.8 Å². The van der Waals surface area contributed by atoms with Crippen LogP contribution in [0.5, 0.6) is 0 Å². The molecule has 3 rings (SSSR count). The van der Waals surface area contributed by atoms with Crippen molar-refractivity contribution in [2.75, 3.05) is 11.1 Å². The maximum atomic E-state index is 12.4. The molecule has 1 aromatic heterocycles. The number of carbonyl (C=O) groups excluding carboxylic acids is 2. The third kappa shape index (κ3) is 2.69. The minimum atomic E-state index is -1.15. The lowest BCUT2D eigenvalue weighted by atomic mass is 9.82. The predicted octanol–water partition coefficient (Wildman–Crippen LogP) is 0.777. The highest BCUT2D eigenvalue weighted by atomic mass is 32.2. The maximum absolute atomic E-state index is 12.4. The summed E-state index contributed by atoms with van der Waals surface area (Å²) in [7, 11) is 0. The number of nitrogens with zero attached hydrogens (tertiary/aromatic N) is 2. The van der Waals surface area contributed by atoms with Gasteiger partial charge in [-0.25, -0.2) is 0 Å². The summed E-state index contributed by atoms with van der Waals surface area (Å²) < 4.78 is 0.789. The van der Waals surface area contributed by atoms with Crippen molar-refractivity contribution < 1.29 is 14.7 Å². The first-order chi connectivity index (χ1) is 10.1. The summed E-state index contributed by atoms with van der Waals surface area (Å²) in [5.74, 6) is -1.98. The van der Waals surface area contributed by atoms with Crippen LogP contribution in [0.3, 0.4) is 0 Å². The number of amides is 1. The van der Waals surface area contributed by atoms with Gasteiger partial charge in [-0.05, 0) is 24.0 Å². The molecule has 4 atom stereocenters. The van der Waals surface area contributed by atoms with Crippen molar-refractivity contribution in [2.45, 2.75) is 17.7 Å². The fraction of sp³-hybridized carbons (Fsp3) is 0.538. The molecule has 112 valence electrons. The van der Waals surface area contributed by atoms with Gasteiger partial charge in [-0.15, -0.1) is 10.2 Å². The van der Waals surface area contributed by atoms with Crippen LogP contribution >= 0.6 is 23.1 Å². The molecule has 1 amide bonds. The number of carbonyl (C=O) groups is 2. The largest absolute Gasteiger partial charge is 0.550 e. The molecule has 2 aliphatic carbocycles. The van der Waals surface area contributed by atoms with Gasteiger partial charge in [0.05, 0.1) is 5.92 Å². The molecular weight excluding hydrogens is 310 g/mol. The van der Waals surface area contributed by atoms with E-state index < -0.39 is 17.8 Å². The first-order valence-corrected chi connectivity index (χ1v) is 8.56. The Hall–Kier alpha value is -1.41. The minimum absolute atomic E-state index is 0.0182. The van der Waals surface area contributed by atoms with E-state index in [0.717, 1.165) is 10.1 Å². The Morgan fingerprint density at radius 2 is 2.10 bits per heavy atom. The van der Waals surface area contributed by atoms with Crippen LogP contribution in [0.4, 0.5) is 5.13 Å². The summed E-state index contributed by atoms with van der Waals surface area (Å²) in [5, 5.41) is 22.3. The molecule has 21 heavy (non-hydrogen) atoms. The topological polar surface area (TPSA) is 95.0 Å². The summed E-state index contributed by atoms with van der Waals surface area (Å²) in [6.07, 6.45) is 4.53. The van der Waals surface area contributed by atoms with Gasteiger partial charge >= 0.3 is 0 Å². The fourth-order valence-electron chi connectivity index (χ4n) is 3.13. The molecule has 0 unspecified atom stereocenters. The second kappa shape index (κ2) is 5.76. The van der Waals surface area contributed by atoms with Crippen molar-refractivity contribution in [3.05, 3.63) is 12.2 Å². The summed E-state index contributed by atoms with van der Waals surface area (Å²) in [5.41, 5.74) is 0. The smallest absolute Gasteiger partial charge is 0.230 e. The molecule has 0 aliphatic heterocycles. The van der Waals surface area contributed by atoms with Crippen LogP contribution in [0.25, 0.3) is 0 Å². The molecule has 6 nitrogen and oxygen atoms in total. The van der Waals surface area contributed by atoms with Gasteiger partial charge in [0.25, 0.3) is 0 Å². The third-order valence-electron chi connectivity index (χ3n) is 3.94. The van der Waals surface area contributed by atoms with Crippen LogP contribution in [0.15, 0.2) is 16.5 Å². The lowest BCUT2D eigenvalue weighted by molar-refractivity contribution is -0.313. The van der Waals surface area contributed by atoms with Crippen molar-refractivity contribution in [3.63, 3.8) is 0 Å². The van der Waals surface area contributed by atoms with E-state index in [1.54, 1.807) is 11.8 Å². The normalized spacial score (nSPS) is 29.8. The summed E-state index contributed by atoms with van der Waals surface area (Å²) in [6.45, 7) is 2.01. The summed E-state index contributed by atoms with van der Waals surface area (Å²) in [4.78, 5) is 23.7. The molecule has 1 fully saturated rings. The van der Waals surface area contributed by atoms with Crippen molar-refractivity contribution in [1.29, 1.82) is 0 Å². The number of fused-ring (bicyclic) bond motifs is 2. The van der Waals surface area contributed by atoms with Gasteiger partial charge in [-0.3, -0.25) is 4.79 Å². The third-order valence-corrected chi connectivity index (χ3v) is 5.79. The van der Waals surface area contributed by atoms with Gasteiger partial charge in [0, 0.05) is 11.9 Å². The first-order valence-electron chi connectivity index (χ1n) is 6.76. The van der Waals surface area contributed by atoms with Gasteiger partial charge in [-0.1, -0.05) is 42.2 Å². The molecule has 1 saturated carbocycles. The van der Waals surface area contributed by atoms with E-state index >= 15 is 0 Å². The van der Waals surface area contributed by atoms with E-state index in [1.807, 2.05) is 19.1 Å². The highest BCUT2D eigenvalue weighted by Gasteiger charge is 2.48. The predicted molar refractivity (Wildman–Crippen MR) is 77.7 cm³/mol. The second-order valence-corrected chi connectivity index (χ2v) is 7.60. The summed E-state index contributed by atoms with van der Waals surface area (Å²) in [6, 6.07) is 0. The number of nitrogens with one attached hydrogen (secondary N) is 1. The molecule has 0 spiro atoms. The maximum Gasteiger partial charge on any atom is 0.230 e. The van der Waals surface area contributed by atoms with Gasteiger partial charge in [0.2, 0.25) is 11.0 Å². The van der Waals surface area contributed by atoms with Gasteiger partial charge < -0.3 is 15.2 Å². The number of thioether (sulfide) groups is 1. The Morgan fingerprint density at radius 1 is 1.38 bits per heavy atom. The zero-order valence-corrected chi connectivity index (χ0v) is 12.9. The molecule has 0 radical (unpaired) electrons. The number of anilines is 1. The van der Waals surface area contributed by atoms with Crippen LogP contribution in [-0.2, 0) is 9.59 Å². The van der Waals surface area contributed by atoms with Gasteiger partial charge in [0.1, 0.15) is 0 Å². The molecule has 1 N–H and O–H groups in total. The lowest BCUT2D eigenvalue weighted by Gasteiger charge is -2.27. The molecule has 8 heteroatoms. The Kier molecular flexibility index (Phi) is 3.99. The summed E-state index contributed by atoms with van der Waals surface area (Å²) >= 11 is 2.85. The van der Waals surface area contributed by atoms with Crippen molar-refractivity contribution >= 4 is 40.1 Å². The molecule has 1 aromatic rings. The fourth-order valence-corrected chi connectivity index (χ4v) is 4.78. The van der Waals surface area contributed by atoms with E-state index in [0.29, 0.717) is 11.6 Å². The highest BCUT2D eigenvalue weighted by molar-refractivity contribution is 8.01. The first kappa shape index (κ1) is 14.5. The monoisotopic (exact) mass is 324 g/mol. The molecule has 1 heterocycles. The second-order valence-electron chi connectivity index (χ2n) is 5.11. The highest BCUT2D eigenvalue weighted by Crippen LogP contribution is 2.48. The van der Waals surface area contributed by atoms with E-state index in [4.69, 9.17) is 0 Å². The Bertz CT molecular complexity index is 601. The molecule has 2 bridgehead atoms. The zero-order valence-electron chi connectivity index (χ0n) is 11.3. The number of hydrogen-bond acceptors (Lipinski definition) is 7. The Morgan fingerprint density at radius 3 is 2.76 bits per heavy atom. The number of aliphatic carboxylic acids is 1. The quantitative estimate of drug-likeness (QED) is 0.488.